The number of halogens is 5. The molecule has 0 radical (unpaired) electrons. The molecule has 2 heterocycles. The Labute approximate surface area is 212 Å². The summed E-state index contributed by atoms with van der Waals surface area (Å²) in [6.07, 6.45) is 2.93. The van der Waals surface area contributed by atoms with E-state index in [1.165, 1.54) is 12.1 Å². The van der Waals surface area contributed by atoms with E-state index < -0.39 is 34.3 Å². The first-order valence-electron chi connectivity index (χ1n) is 11.0. The van der Waals surface area contributed by atoms with Gasteiger partial charge < -0.3 is 10.6 Å². The van der Waals surface area contributed by atoms with E-state index in [9.17, 15) is 18.0 Å². The summed E-state index contributed by atoms with van der Waals surface area (Å²) < 4.78 is 40.0. The van der Waals surface area contributed by atoms with Gasteiger partial charge in [-0.15, -0.1) is 12.4 Å². The van der Waals surface area contributed by atoms with Gasteiger partial charge in [0.05, 0.1) is 34.1 Å². The maximum Gasteiger partial charge on any atom is 0.417 e. The highest BCUT2D eigenvalue weighted by Gasteiger charge is 2.39. The number of amides is 1. The van der Waals surface area contributed by atoms with Gasteiger partial charge in [0.25, 0.3) is 5.91 Å². The van der Waals surface area contributed by atoms with Crippen molar-refractivity contribution < 1.29 is 18.0 Å². The first-order chi connectivity index (χ1) is 16.2. The normalized spacial score (nSPS) is 18.9. The Morgan fingerprint density at radius 3 is 2.60 bits per heavy atom. The van der Waals surface area contributed by atoms with E-state index in [1.54, 1.807) is 18.6 Å². The van der Waals surface area contributed by atoms with Crippen LogP contribution in [0.5, 0.6) is 0 Å². The number of benzene rings is 2. The van der Waals surface area contributed by atoms with E-state index in [-0.39, 0.29) is 18.0 Å². The summed E-state index contributed by atoms with van der Waals surface area (Å²) in [5, 5.41) is 5.86. The highest BCUT2D eigenvalue weighted by atomic mass is 35.5. The molecular weight excluding hydrogens is 500 g/mol. The van der Waals surface area contributed by atoms with E-state index in [1.807, 2.05) is 31.2 Å². The predicted molar refractivity (Wildman–Crippen MR) is 132 cm³/mol. The number of alkyl halides is 3. The molecule has 2 atom stereocenters. The van der Waals surface area contributed by atoms with E-state index >= 15 is 0 Å². The predicted octanol–water partition coefficient (Wildman–Crippen LogP) is 6.24. The van der Waals surface area contributed by atoms with Crippen LogP contribution in [0.15, 0.2) is 61.1 Å². The number of hydrogen-bond donors (Lipinski definition) is 2. The molecule has 186 valence electrons. The largest absolute Gasteiger partial charge is 0.417 e. The molecule has 1 aromatic heterocycles. The van der Waals surface area contributed by atoms with Crippen LogP contribution in [0.25, 0.3) is 11.3 Å². The maximum absolute atomic E-state index is 13.3. The molecule has 0 bridgehead atoms. The van der Waals surface area contributed by atoms with Crippen molar-refractivity contribution in [2.75, 3.05) is 6.54 Å². The number of hydrogen-bond acceptors (Lipinski definition) is 4. The second-order valence-corrected chi connectivity index (χ2v) is 8.97. The number of carbonyl (C=O) groups is 1. The summed E-state index contributed by atoms with van der Waals surface area (Å²) in [6.45, 7) is 2.79. The molecule has 1 saturated heterocycles. The highest BCUT2D eigenvalue weighted by molar-refractivity contribution is 6.34. The van der Waals surface area contributed by atoms with Gasteiger partial charge in [0.2, 0.25) is 0 Å². The molecule has 1 aliphatic rings. The molecule has 3 aromatic rings. The monoisotopic (exact) mass is 524 g/mol. The van der Waals surface area contributed by atoms with Crippen molar-refractivity contribution in [1.29, 1.82) is 0 Å². The van der Waals surface area contributed by atoms with Gasteiger partial charge in [-0.2, -0.15) is 13.2 Å². The van der Waals surface area contributed by atoms with Gasteiger partial charge in [-0.1, -0.05) is 42.3 Å². The molecule has 5 nitrogen and oxygen atoms in total. The third kappa shape index (κ3) is 5.94. The molecule has 1 amide bonds. The molecule has 1 aliphatic heterocycles. The molecule has 4 rings (SSSR count). The third-order valence-electron chi connectivity index (χ3n) is 6.19. The van der Waals surface area contributed by atoms with Gasteiger partial charge in [-0.25, -0.2) is 0 Å². The lowest BCUT2D eigenvalue weighted by atomic mass is 9.80. The first kappa shape index (κ1) is 26.9. The molecule has 35 heavy (non-hydrogen) atoms. The van der Waals surface area contributed by atoms with Gasteiger partial charge in [0.1, 0.15) is 0 Å². The van der Waals surface area contributed by atoms with Crippen LogP contribution in [0.4, 0.5) is 13.2 Å². The number of nitrogens with one attached hydrogen (secondary N) is 2. The minimum absolute atomic E-state index is 0. The maximum atomic E-state index is 13.3. The van der Waals surface area contributed by atoms with Crippen LogP contribution in [0.1, 0.15) is 53.7 Å². The van der Waals surface area contributed by atoms with Crippen LogP contribution in [0, 0.1) is 0 Å². The average Bonchev–Trinajstić information content (AvgIpc) is 2.83. The van der Waals surface area contributed by atoms with Crippen molar-refractivity contribution in [1.82, 2.24) is 20.6 Å². The van der Waals surface area contributed by atoms with Gasteiger partial charge in [0.15, 0.2) is 0 Å². The summed E-state index contributed by atoms with van der Waals surface area (Å²) in [5.74, 6) is -0.667. The minimum Gasteiger partial charge on any atom is -0.343 e. The molecule has 0 spiro atoms. The van der Waals surface area contributed by atoms with Crippen molar-refractivity contribution in [3.63, 3.8) is 0 Å². The van der Waals surface area contributed by atoms with Crippen molar-refractivity contribution in [3.8, 4) is 11.3 Å². The molecule has 0 aliphatic carbocycles. The Hall–Kier alpha value is -2.68. The quantitative estimate of drug-likeness (QED) is 0.414. The molecule has 0 unspecified atom stereocenters. The first-order valence-corrected chi connectivity index (χ1v) is 11.3. The average molecular weight is 525 g/mol. The second kappa shape index (κ2) is 10.9. The SMILES string of the molecule is C[C@@]1([C@@H](NC(=O)c2cccc(C(F)(F)F)c2Cl)c2cccc(-c3cnccn3)c2)CCCCN1.Cl. The molecule has 1 fully saturated rings. The summed E-state index contributed by atoms with van der Waals surface area (Å²) in [7, 11) is 0. The van der Waals surface area contributed by atoms with Crippen LogP contribution in [0.2, 0.25) is 5.02 Å². The Balaban J connectivity index is 0.00000342. The zero-order valence-corrected chi connectivity index (χ0v) is 20.5. The number of piperidine rings is 1. The van der Waals surface area contributed by atoms with Crippen LogP contribution in [-0.2, 0) is 6.18 Å². The number of aromatic nitrogens is 2. The number of carbonyl (C=O) groups excluding carboxylic acids is 1. The summed E-state index contributed by atoms with van der Waals surface area (Å²) in [6, 6.07) is 10.4. The van der Waals surface area contributed by atoms with Crippen molar-refractivity contribution in [3.05, 3.63) is 82.8 Å². The van der Waals surface area contributed by atoms with E-state index in [4.69, 9.17) is 11.6 Å². The van der Waals surface area contributed by atoms with Crippen LogP contribution < -0.4 is 10.6 Å². The van der Waals surface area contributed by atoms with E-state index in [2.05, 4.69) is 20.6 Å². The Bertz CT molecular complexity index is 1170. The lowest BCUT2D eigenvalue weighted by molar-refractivity contribution is -0.137. The molecular formula is C25H25Cl2F3N4O. The fourth-order valence-electron chi connectivity index (χ4n) is 4.40. The van der Waals surface area contributed by atoms with Crippen LogP contribution >= 0.6 is 24.0 Å². The lowest BCUT2D eigenvalue weighted by Crippen LogP contribution is -2.55. The summed E-state index contributed by atoms with van der Waals surface area (Å²) in [4.78, 5) is 21.7. The minimum atomic E-state index is -4.66. The van der Waals surface area contributed by atoms with Crippen LogP contribution in [-0.4, -0.2) is 28.0 Å². The Morgan fingerprint density at radius 2 is 1.94 bits per heavy atom. The Kier molecular flexibility index (Phi) is 8.41. The van der Waals surface area contributed by atoms with Gasteiger partial charge in [-0.3, -0.25) is 14.8 Å². The number of rotatable bonds is 5. The second-order valence-electron chi connectivity index (χ2n) is 8.59. The lowest BCUT2D eigenvalue weighted by Gasteiger charge is -2.42. The highest BCUT2D eigenvalue weighted by Crippen LogP contribution is 2.38. The van der Waals surface area contributed by atoms with Crippen molar-refractivity contribution >= 4 is 29.9 Å². The van der Waals surface area contributed by atoms with Gasteiger partial charge >= 0.3 is 6.18 Å². The molecule has 2 N–H and O–H groups in total. The number of nitrogens with zero attached hydrogens (tertiary/aromatic N) is 2. The van der Waals surface area contributed by atoms with E-state index in [0.29, 0.717) is 5.69 Å². The fourth-order valence-corrected chi connectivity index (χ4v) is 4.72. The van der Waals surface area contributed by atoms with Crippen molar-refractivity contribution in [2.45, 2.75) is 43.9 Å². The van der Waals surface area contributed by atoms with Gasteiger partial charge in [-0.05, 0) is 50.1 Å². The molecule has 2 aromatic carbocycles. The van der Waals surface area contributed by atoms with Gasteiger partial charge in [0, 0.05) is 23.5 Å². The summed E-state index contributed by atoms with van der Waals surface area (Å²) in [5.41, 5.74) is 0.536. The smallest absolute Gasteiger partial charge is 0.343 e. The van der Waals surface area contributed by atoms with Crippen LogP contribution in [0.3, 0.4) is 0 Å². The standard InChI is InChI=1S/C25H24ClF3N4O.ClH/c1-24(10-2-3-11-32-24)22(17-7-4-6-16(14-17)20-15-30-12-13-31-20)33-23(34)18-8-5-9-19(21(18)26)25(27,28)29;/h4-9,12-15,22,32H,2-3,10-11H2,1H3,(H,33,34);1H/t22-,24-;/m0./s1. The van der Waals surface area contributed by atoms with Crippen molar-refractivity contribution in [2.24, 2.45) is 0 Å². The van der Waals surface area contributed by atoms with E-state index in [0.717, 1.165) is 43.0 Å². The topological polar surface area (TPSA) is 66.9 Å². The third-order valence-corrected chi connectivity index (χ3v) is 6.60. The Morgan fingerprint density at radius 1 is 1.17 bits per heavy atom. The zero-order chi connectivity index (χ0) is 24.3. The molecule has 10 heteroatoms. The zero-order valence-electron chi connectivity index (χ0n) is 18.9. The molecule has 0 saturated carbocycles. The fraction of sp³-hybridized carbons (Fsp3) is 0.320. The summed E-state index contributed by atoms with van der Waals surface area (Å²) >= 11 is 6.03.